The summed E-state index contributed by atoms with van der Waals surface area (Å²) in [4.78, 5) is 0. The minimum atomic E-state index is -2.33. The average molecular weight is 235 g/mol. The lowest BCUT2D eigenvalue weighted by atomic mass is 10.1. The van der Waals surface area contributed by atoms with E-state index in [1.807, 2.05) is 0 Å². The molecule has 3 rings (SSSR count). The maximum Gasteiger partial charge on any atom is 0.707 e. The Kier molecular flexibility index (Phi) is 1.14. The van der Waals surface area contributed by atoms with Gasteiger partial charge in [-0.15, -0.1) is 0 Å². The Morgan fingerprint density at radius 3 is 2.65 bits per heavy atom. The molecule has 1 heterocycles. The molecular formula is C12H9BO4. The lowest BCUT2D eigenvalue weighted by Gasteiger charge is -2.05. The molecule has 0 radical (unpaired) electrons. The molecule has 5 heteroatoms. The van der Waals surface area contributed by atoms with Gasteiger partial charge >= 0.3 is 7.32 Å². The van der Waals surface area contributed by atoms with Gasteiger partial charge in [-0.1, -0.05) is 24.2 Å². The van der Waals surface area contributed by atoms with E-state index in [0.29, 0.717) is 0 Å². The number of furan rings is 1. The van der Waals surface area contributed by atoms with Crippen molar-refractivity contribution in [3.8, 4) is 5.75 Å². The largest absolute Gasteiger partial charge is 0.707 e. The van der Waals surface area contributed by atoms with Crippen LogP contribution >= 0.6 is 0 Å². The SMILES string of the molecule is [2H]c1c([2H])c([2H])c2c(oc3c([2H])c([2H])c([2H])c(OB(O)O)c32)c1[2H]. The number of benzene rings is 2. The molecule has 0 unspecified atom stereocenters. The molecular weight excluding hydrogens is 219 g/mol. The predicted octanol–water partition coefficient (Wildman–Crippen LogP) is 1.93. The van der Waals surface area contributed by atoms with Gasteiger partial charge in [0, 0.05) is 5.39 Å². The summed E-state index contributed by atoms with van der Waals surface area (Å²) in [5.74, 6) is -0.509. The van der Waals surface area contributed by atoms with Gasteiger partial charge in [0.25, 0.3) is 0 Å². The highest BCUT2D eigenvalue weighted by Gasteiger charge is 2.16. The van der Waals surface area contributed by atoms with Crippen molar-refractivity contribution in [2.45, 2.75) is 0 Å². The summed E-state index contributed by atoms with van der Waals surface area (Å²) in [6.45, 7) is 0. The van der Waals surface area contributed by atoms with E-state index in [9.17, 15) is 0 Å². The van der Waals surface area contributed by atoms with Crippen LogP contribution in [-0.4, -0.2) is 17.4 Å². The molecule has 0 aliphatic carbocycles. The summed E-state index contributed by atoms with van der Waals surface area (Å²) >= 11 is 0. The van der Waals surface area contributed by atoms with Crippen molar-refractivity contribution in [3.63, 3.8) is 0 Å². The fraction of sp³-hybridized carbons (Fsp3) is 0. The van der Waals surface area contributed by atoms with Crippen molar-refractivity contribution in [2.75, 3.05) is 0 Å². The summed E-state index contributed by atoms with van der Waals surface area (Å²) in [5, 5.41) is 17.7. The molecule has 0 aliphatic heterocycles. The molecule has 2 N–H and O–H groups in total. The number of fused-ring (bicyclic) bond motifs is 3. The van der Waals surface area contributed by atoms with E-state index in [0.717, 1.165) is 0 Å². The first-order chi connectivity index (χ1) is 11.2. The Bertz CT molecular complexity index is 1000. The third kappa shape index (κ3) is 1.65. The third-order valence-electron chi connectivity index (χ3n) is 2.14. The highest BCUT2D eigenvalue weighted by Crippen LogP contribution is 2.35. The second kappa shape index (κ2) is 3.80. The van der Waals surface area contributed by atoms with Crippen molar-refractivity contribution in [3.05, 3.63) is 42.3 Å². The Morgan fingerprint density at radius 1 is 1.06 bits per heavy atom. The van der Waals surface area contributed by atoms with Crippen LogP contribution in [-0.2, 0) is 0 Å². The average Bonchev–Trinajstić information content (AvgIpc) is 2.93. The number of hydrogen-bond donors (Lipinski definition) is 2. The summed E-state index contributed by atoms with van der Waals surface area (Å²) in [6.07, 6.45) is 0. The molecule has 1 aromatic heterocycles. The first kappa shape index (κ1) is 5.12. The molecule has 0 aliphatic rings. The lowest BCUT2D eigenvalue weighted by Crippen LogP contribution is -2.20. The minimum absolute atomic E-state index is 0.159. The second-order valence-corrected chi connectivity index (χ2v) is 3.16. The monoisotopic (exact) mass is 235 g/mol. The smallest absolute Gasteiger partial charge is 0.511 e. The molecule has 84 valence electrons. The van der Waals surface area contributed by atoms with E-state index in [2.05, 4.69) is 0 Å². The van der Waals surface area contributed by atoms with E-state index in [1.165, 1.54) is 0 Å². The first-order valence-corrected chi connectivity index (χ1v) is 4.61. The summed E-state index contributed by atoms with van der Waals surface area (Å²) in [6, 6.07) is -3.82. The highest BCUT2D eigenvalue weighted by molar-refractivity contribution is 6.34. The quantitative estimate of drug-likeness (QED) is 0.666. The van der Waals surface area contributed by atoms with Gasteiger partial charge in [-0.2, -0.15) is 0 Å². The topological polar surface area (TPSA) is 62.8 Å². The van der Waals surface area contributed by atoms with E-state index in [-0.39, 0.29) is 21.9 Å². The van der Waals surface area contributed by atoms with Crippen LogP contribution in [0, 0.1) is 0 Å². The molecule has 2 aromatic carbocycles. The van der Waals surface area contributed by atoms with Crippen LogP contribution in [0.2, 0.25) is 0 Å². The lowest BCUT2D eigenvalue weighted by molar-refractivity contribution is 0.289. The molecule has 17 heavy (non-hydrogen) atoms. The van der Waals surface area contributed by atoms with Crippen LogP contribution in [0.4, 0.5) is 0 Å². The molecule has 0 atom stereocenters. The zero-order valence-electron chi connectivity index (χ0n) is 15.3. The Labute approximate surface area is 107 Å². The standard InChI is InChI=1S/C12H9BO4/c14-13(15)17-11-7-3-6-10-12(11)8-4-1-2-5-9(8)16-10/h1-7,14-15H/i1D,2D,3D,4D,5D,6D,7D. The summed E-state index contributed by atoms with van der Waals surface area (Å²) in [5.41, 5.74) is -0.569. The van der Waals surface area contributed by atoms with Crippen molar-refractivity contribution in [1.29, 1.82) is 0 Å². The van der Waals surface area contributed by atoms with Gasteiger partial charge in [-0.05, 0) is 18.1 Å². The van der Waals surface area contributed by atoms with Gasteiger partial charge in [-0.25, -0.2) is 0 Å². The fourth-order valence-electron chi connectivity index (χ4n) is 1.53. The van der Waals surface area contributed by atoms with E-state index < -0.39 is 55.4 Å². The van der Waals surface area contributed by atoms with Crippen LogP contribution in [0.3, 0.4) is 0 Å². The molecule has 3 aromatic rings. The minimum Gasteiger partial charge on any atom is -0.511 e. The van der Waals surface area contributed by atoms with Crippen LogP contribution in [0.1, 0.15) is 9.60 Å². The fourth-order valence-corrected chi connectivity index (χ4v) is 1.53. The van der Waals surface area contributed by atoms with Gasteiger partial charge in [0.15, 0.2) is 0 Å². The highest BCUT2D eigenvalue weighted by atomic mass is 16.6. The van der Waals surface area contributed by atoms with Crippen molar-refractivity contribution < 1.29 is 28.7 Å². The number of hydrogen-bond acceptors (Lipinski definition) is 4. The molecule has 0 bridgehead atoms. The molecule has 0 saturated carbocycles. The molecule has 0 saturated heterocycles. The van der Waals surface area contributed by atoms with Gasteiger partial charge in [0.05, 0.1) is 15.0 Å². The molecule has 4 nitrogen and oxygen atoms in total. The second-order valence-electron chi connectivity index (χ2n) is 3.16. The van der Waals surface area contributed by atoms with Crippen molar-refractivity contribution >= 4 is 29.3 Å². The van der Waals surface area contributed by atoms with Crippen LogP contribution < -0.4 is 4.65 Å². The van der Waals surface area contributed by atoms with Crippen molar-refractivity contribution in [2.24, 2.45) is 0 Å². The Balaban J connectivity index is 2.64. The van der Waals surface area contributed by atoms with E-state index in [1.54, 1.807) is 0 Å². The first-order valence-electron chi connectivity index (χ1n) is 8.11. The van der Waals surface area contributed by atoms with Gasteiger partial charge in [0.1, 0.15) is 16.9 Å². The Morgan fingerprint density at radius 2 is 1.82 bits per heavy atom. The van der Waals surface area contributed by atoms with E-state index >= 15 is 0 Å². The molecule has 0 spiro atoms. The van der Waals surface area contributed by atoms with Gasteiger partial charge < -0.3 is 19.1 Å². The maximum absolute atomic E-state index is 9.04. The van der Waals surface area contributed by atoms with Crippen LogP contribution in [0.15, 0.2) is 46.7 Å². The zero-order valence-corrected chi connectivity index (χ0v) is 8.29. The molecule has 0 amide bonds. The van der Waals surface area contributed by atoms with Gasteiger partial charge in [-0.3, -0.25) is 0 Å². The predicted molar refractivity (Wildman–Crippen MR) is 64.5 cm³/mol. The van der Waals surface area contributed by atoms with E-state index in [4.69, 9.17) is 28.7 Å². The zero-order chi connectivity index (χ0) is 17.9. The van der Waals surface area contributed by atoms with Gasteiger partial charge in [0.2, 0.25) is 0 Å². The maximum atomic E-state index is 9.04. The normalized spacial score (nSPS) is 16.7. The number of rotatable bonds is 2. The summed E-state index contributed by atoms with van der Waals surface area (Å²) < 4.78 is 64.8. The van der Waals surface area contributed by atoms with Crippen molar-refractivity contribution in [1.82, 2.24) is 0 Å². The van der Waals surface area contributed by atoms with Crippen LogP contribution in [0.5, 0.6) is 5.75 Å². The Hall–Kier alpha value is -1.98. The van der Waals surface area contributed by atoms with Crippen LogP contribution in [0.25, 0.3) is 21.9 Å². The summed E-state index contributed by atoms with van der Waals surface area (Å²) in [7, 11) is -2.33. The number of para-hydroxylation sites is 1. The third-order valence-corrected chi connectivity index (χ3v) is 2.14. The molecule has 0 fully saturated rings.